The molecule has 3 aromatic carbocycles. The van der Waals surface area contributed by atoms with Gasteiger partial charge in [-0.25, -0.2) is 13.6 Å². The average Bonchev–Trinajstić information content (AvgIpc) is 3.47. The molecule has 0 saturated heterocycles. The van der Waals surface area contributed by atoms with E-state index in [4.69, 9.17) is 4.74 Å². The lowest BCUT2D eigenvalue weighted by Crippen LogP contribution is -2.42. The molecule has 0 unspecified atom stereocenters. The van der Waals surface area contributed by atoms with Crippen molar-refractivity contribution in [1.29, 1.82) is 0 Å². The number of methoxy groups -OCH3 is 1. The lowest BCUT2D eigenvalue weighted by Gasteiger charge is -2.25. The molecular weight excluding hydrogens is 564 g/mol. The average molecular weight is 596 g/mol. The Hall–Kier alpha value is -3.76. The van der Waals surface area contributed by atoms with Gasteiger partial charge in [-0.2, -0.15) is 11.8 Å². The van der Waals surface area contributed by atoms with Gasteiger partial charge in [0.05, 0.1) is 19.2 Å². The van der Waals surface area contributed by atoms with Crippen LogP contribution in [0.5, 0.6) is 0 Å². The second kappa shape index (κ2) is 14.2. The standard InChI is InChI=1S/C31H31F2N3O3S2/c1-20-6-4-5-7-26(20)28-12-21(8-9-27(28)30(37)35-29(10-11-40-3)31(38)39-2)17-36(18-25-16-34-19-41-25)24-14-22(32)13-23(33)15-24/h4-9,12-16,19,29H,10-11,17-18H2,1-3H3,(H,35,37)/t29-/m0/s1. The van der Waals surface area contributed by atoms with Crippen LogP contribution in [0, 0.1) is 18.6 Å². The van der Waals surface area contributed by atoms with Crippen molar-refractivity contribution in [3.05, 3.63) is 106 Å². The molecule has 0 aliphatic carbocycles. The summed E-state index contributed by atoms with van der Waals surface area (Å²) in [6, 6.07) is 15.9. The van der Waals surface area contributed by atoms with Gasteiger partial charge in [0.15, 0.2) is 0 Å². The van der Waals surface area contributed by atoms with E-state index in [0.29, 0.717) is 42.1 Å². The monoisotopic (exact) mass is 595 g/mol. The number of hydrogen-bond donors (Lipinski definition) is 1. The van der Waals surface area contributed by atoms with Crippen LogP contribution in [0.4, 0.5) is 14.5 Å². The molecule has 10 heteroatoms. The van der Waals surface area contributed by atoms with Gasteiger partial charge in [0, 0.05) is 34.9 Å². The van der Waals surface area contributed by atoms with Gasteiger partial charge >= 0.3 is 5.97 Å². The molecule has 4 aromatic rings. The third kappa shape index (κ3) is 7.92. The lowest BCUT2D eigenvalue weighted by molar-refractivity contribution is -0.142. The predicted octanol–water partition coefficient (Wildman–Crippen LogP) is 6.63. The third-order valence-electron chi connectivity index (χ3n) is 6.58. The van der Waals surface area contributed by atoms with Gasteiger partial charge in [-0.1, -0.05) is 30.3 Å². The van der Waals surface area contributed by atoms with Gasteiger partial charge in [0.1, 0.15) is 17.7 Å². The van der Waals surface area contributed by atoms with Crippen LogP contribution in [-0.2, 0) is 22.6 Å². The summed E-state index contributed by atoms with van der Waals surface area (Å²) in [4.78, 5) is 32.9. The number of carbonyl (C=O) groups excluding carboxylic acids is 2. The maximum Gasteiger partial charge on any atom is 0.328 e. The summed E-state index contributed by atoms with van der Waals surface area (Å²) in [5, 5.41) is 2.85. The van der Waals surface area contributed by atoms with Crippen molar-refractivity contribution in [2.45, 2.75) is 32.5 Å². The minimum Gasteiger partial charge on any atom is -0.467 e. The molecule has 1 heterocycles. The number of nitrogens with zero attached hydrogens (tertiary/aromatic N) is 2. The van der Waals surface area contributed by atoms with Crippen molar-refractivity contribution in [2.24, 2.45) is 0 Å². The highest BCUT2D eigenvalue weighted by molar-refractivity contribution is 7.98. The van der Waals surface area contributed by atoms with Crippen molar-refractivity contribution < 1.29 is 23.1 Å². The van der Waals surface area contributed by atoms with Crippen LogP contribution in [0.15, 0.2) is 72.4 Å². The topological polar surface area (TPSA) is 71.5 Å². The Balaban J connectivity index is 1.73. The Kier molecular flexibility index (Phi) is 10.5. The van der Waals surface area contributed by atoms with Gasteiger partial charge in [0.25, 0.3) is 5.91 Å². The van der Waals surface area contributed by atoms with Crippen molar-refractivity contribution in [1.82, 2.24) is 10.3 Å². The molecule has 41 heavy (non-hydrogen) atoms. The van der Waals surface area contributed by atoms with Crippen molar-refractivity contribution >= 4 is 40.7 Å². The predicted molar refractivity (Wildman–Crippen MR) is 161 cm³/mol. The summed E-state index contributed by atoms with van der Waals surface area (Å²) in [7, 11) is 1.30. The number of benzene rings is 3. The first kappa shape index (κ1) is 30.2. The summed E-state index contributed by atoms with van der Waals surface area (Å²) in [6.45, 7) is 2.68. The van der Waals surface area contributed by atoms with E-state index in [1.54, 1.807) is 29.5 Å². The molecule has 0 fully saturated rings. The maximum atomic E-state index is 14.2. The van der Waals surface area contributed by atoms with Gasteiger partial charge in [-0.15, -0.1) is 11.3 Å². The van der Waals surface area contributed by atoms with E-state index >= 15 is 0 Å². The van der Waals surface area contributed by atoms with E-state index in [1.165, 1.54) is 30.6 Å². The van der Waals surface area contributed by atoms with E-state index in [9.17, 15) is 18.4 Å². The highest BCUT2D eigenvalue weighted by Gasteiger charge is 2.24. The molecule has 0 saturated carbocycles. The second-order valence-corrected chi connectivity index (χ2v) is 11.4. The van der Waals surface area contributed by atoms with Crippen LogP contribution in [0.3, 0.4) is 0 Å². The summed E-state index contributed by atoms with van der Waals surface area (Å²) in [5.41, 5.74) is 5.88. The van der Waals surface area contributed by atoms with Crippen molar-refractivity contribution in [2.75, 3.05) is 24.0 Å². The summed E-state index contributed by atoms with van der Waals surface area (Å²) >= 11 is 3.03. The number of carbonyl (C=O) groups is 2. The molecule has 0 aliphatic rings. The number of aryl methyl sites for hydroxylation is 1. The van der Waals surface area contributed by atoms with Crippen LogP contribution < -0.4 is 10.2 Å². The fourth-order valence-electron chi connectivity index (χ4n) is 4.54. The van der Waals surface area contributed by atoms with Gasteiger partial charge in [-0.3, -0.25) is 9.78 Å². The van der Waals surface area contributed by atoms with Crippen LogP contribution in [-0.4, -0.2) is 42.0 Å². The first-order valence-electron chi connectivity index (χ1n) is 12.9. The van der Waals surface area contributed by atoms with Gasteiger partial charge in [0.2, 0.25) is 0 Å². The van der Waals surface area contributed by atoms with Crippen molar-refractivity contribution in [3.63, 3.8) is 0 Å². The molecule has 0 spiro atoms. The molecule has 0 radical (unpaired) electrons. The number of aromatic nitrogens is 1. The Morgan fingerprint density at radius 2 is 1.80 bits per heavy atom. The molecule has 1 aromatic heterocycles. The molecule has 1 N–H and O–H groups in total. The quantitative estimate of drug-likeness (QED) is 0.186. The molecule has 4 rings (SSSR count). The minimum atomic E-state index is -0.776. The molecule has 1 atom stereocenters. The van der Waals surface area contributed by atoms with E-state index in [1.807, 2.05) is 54.5 Å². The van der Waals surface area contributed by atoms with Crippen LogP contribution in [0.2, 0.25) is 0 Å². The number of halogens is 2. The smallest absolute Gasteiger partial charge is 0.328 e. The number of nitrogens with one attached hydrogen (secondary N) is 1. The first-order chi connectivity index (χ1) is 19.8. The number of amides is 1. The normalized spacial score (nSPS) is 11.6. The SMILES string of the molecule is COC(=O)[C@H](CCSC)NC(=O)c1ccc(CN(Cc2cncs2)c2cc(F)cc(F)c2)cc1-c1ccccc1C. The minimum absolute atomic E-state index is 0.320. The number of ether oxygens (including phenoxy) is 1. The maximum absolute atomic E-state index is 14.2. The van der Waals surface area contributed by atoms with E-state index in [2.05, 4.69) is 10.3 Å². The molecule has 6 nitrogen and oxygen atoms in total. The molecule has 0 bridgehead atoms. The van der Waals surface area contributed by atoms with Gasteiger partial charge < -0.3 is 15.0 Å². The number of rotatable bonds is 12. The zero-order chi connectivity index (χ0) is 29.4. The van der Waals surface area contributed by atoms with Crippen LogP contribution in [0.1, 0.15) is 32.8 Å². The van der Waals surface area contributed by atoms with E-state index in [0.717, 1.165) is 27.6 Å². The highest BCUT2D eigenvalue weighted by Crippen LogP contribution is 2.30. The van der Waals surface area contributed by atoms with Gasteiger partial charge in [-0.05, 0) is 71.9 Å². The Labute approximate surface area is 246 Å². The zero-order valence-corrected chi connectivity index (χ0v) is 24.7. The van der Waals surface area contributed by atoms with E-state index in [-0.39, 0.29) is 5.91 Å². The molecule has 0 aliphatic heterocycles. The fourth-order valence-corrected chi connectivity index (χ4v) is 5.62. The number of anilines is 1. The molecular formula is C31H31F2N3O3S2. The first-order valence-corrected chi connectivity index (χ1v) is 15.2. The Bertz CT molecular complexity index is 1480. The Morgan fingerprint density at radius 1 is 1.05 bits per heavy atom. The van der Waals surface area contributed by atoms with Crippen molar-refractivity contribution in [3.8, 4) is 11.1 Å². The molecule has 214 valence electrons. The Morgan fingerprint density at radius 3 is 2.46 bits per heavy atom. The number of esters is 1. The zero-order valence-electron chi connectivity index (χ0n) is 23.0. The largest absolute Gasteiger partial charge is 0.467 e. The van der Waals surface area contributed by atoms with Crippen LogP contribution in [0.25, 0.3) is 11.1 Å². The van der Waals surface area contributed by atoms with Crippen LogP contribution >= 0.6 is 23.1 Å². The summed E-state index contributed by atoms with van der Waals surface area (Å²) in [6.07, 6.45) is 4.10. The van der Waals surface area contributed by atoms with E-state index < -0.39 is 23.6 Å². The summed E-state index contributed by atoms with van der Waals surface area (Å²) < 4.78 is 33.3. The fraction of sp³-hybridized carbons (Fsp3) is 0.258. The lowest BCUT2D eigenvalue weighted by atomic mass is 9.93. The highest BCUT2D eigenvalue weighted by atomic mass is 32.2. The third-order valence-corrected chi connectivity index (χ3v) is 7.99. The molecule has 1 amide bonds. The number of thioether (sulfide) groups is 1. The number of hydrogen-bond acceptors (Lipinski definition) is 7. The summed E-state index contributed by atoms with van der Waals surface area (Å²) in [5.74, 6) is -1.53. The second-order valence-electron chi connectivity index (χ2n) is 9.48. The number of thiazole rings is 1.